The number of hydrogen-bond acceptors (Lipinski definition) is 6. The molecule has 4 aromatic carbocycles. The van der Waals surface area contributed by atoms with Gasteiger partial charge in [-0.1, -0.05) is 72.8 Å². The first kappa shape index (κ1) is 31.8. The molecular weight excluding hydrogens is 628 g/mol. The fourth-order valence-electron chi connectivity index (χ4n) is 5.96. The van der Waals surface area contributed by atoms with Crippen molar-refractivity contribution in [3.8, 4) is 0 Å². The zero-order chi connectivity index (χ0) is 34.5. The first-order valence-corrected chi connectivity index (χ1v) is 16.1. The Morgan fingerprint density at radius 2 is 1.48 bits per heavy atom. The van der Waals surface area contributed by atoms with E-state index < -0.39 is 11.9 Å². The quantitative estimate of drug-likeness (QED) is 0.111. The molecule has 0 radical (unpaired) electrons. The first-order valence-electron chi connectivity index (χ1n) is 16.1. The van der Waals surface area contributed by atoms with Crippen molar-refractivity contribution >= 4 is 52.5 Å². The molecule has 2 aliphatic rings. The van der Waals surface area contributed by atoms with E-state index in [1.54, 1.807) is 60.9 Å². The van der Waals surface area contributed by atoms with Gasteiger partial charge in [0.15, 0.2) is 0 Å². The average molecular weight is 661 g/mol. The minimum atomic E-state index is -0.527. The maximum absolute atomic E-state index is 13.5. The van der Waals surface area contributed by atoms with Gasteiger partial charge in [0.25, 0.3) is 17.7 Å². The lowest BCUT2D eigenvalue weighted by Gasteiger charge is -2.16. The van der Waals surface area contributed by atoms with E-state index in [0.29, 0.717) is 53.3 Å². The van der Waals surface area contributed by atoms with Crippen LogP contribution < -0.4 is 26.2 Å². The van der Waals surface area contributed by atoms with E-state index in [1.165, 1.54) is 0 Å². The summed E-state index contributed by atoms with van der Waals surface area (Å²) in [4.78, 5) is 57.8. The maximum Gasteiger partial charge on any atom is 0.333 e. The Kier molecular flexibility index (Phi) is 8.97. The van der Waals surface area contributed by atoms with Gasteiger partial charge in [0.05, 0.1) is 17.0 Å². The Morgan fingerprint density at radius 3 is 2.26 bits per heavy atom. The molecular formula is C40H32N6O4. The van der Waals surface area contributed by atoms with Crippen LogP contribution in [0.1, 0.15) is 38.2 Å². The predicted octanol–water partition coefficient (Wildman–Crippen LogP) is 5.76. The number of rotatable bonds is 10. The number of fused-ring (bicyclic) bond motifs is 1. The van der Waals surface area contributed by atoms with Gasteiger partial charge in [-0.2, -0.15) is 0 Å². The molecule has 7 rings (SSSR count). The first-order chi connectivity index (χ1) is 24.4. The van der Waals surface area contributed by atoms with Gasteiger partial charge in [0.1, 0.15) is 5.70 Å². The Morgan fingerprint density at radius 1 is 0.740 bits per heavy atom. The number of anilines is 2. The lowest BCUT2D eigenvalue weighted by atomic mass is 9.98. The number of urea groups is 1. The van der Waals surface area contributed by atoms with E-state index in [9.17, 15) is 19.2 Å². The molecule has 0 bridgehead atoms. The highest BCUT2D eigenvalue weighted by molar-refractivity contribution is 6.37. The monoisotopic (exact) mass is 660 g/mol. The zero-order valence-corrected chi connectivity index (χ0v) is 26.9. The van der Waals surface area contributed by atoms with E-state index in [-0.39, 0.29) is 17.5 Å². The lowest BCUT2D eigenvalue weighted by molar-refractivity contribution is -0.114. The van der Waals surface area contributed by atoms with E-state index >= 15 is 0 Å². The number of amides is 5. The summed E-state index contributed by atoms with van der Waals surface area (Å²) >= 11 is 0. The molecule has 3 heterocycles. The molecule has 2 aliphatic heterocycles. The summed E-state index contributed by atoms with van der Waals surface area (Å²) in [6, 6.07) is 34.6. The standard InChI is InChI=1S/C40H32N6O4/c47-37(43-25-28-8-3-1-4-9-28)30-14-15-33-32(24-30)35(38(48)44-33)36(29-11-5-2-6-12-29)42-21-18-26-10-7-13-31(22-26)46-39(49)34(45-40(46)50)23-27-16-19-41-20-17-27/h1-17,19-20,22-24,42H,18,21,25H2,(H,43,47)(H,44,48)(H,45,50). The summed E-state index contributed by atoms with van der Waals surface area (Å²) in [5, 5.41) is 12.0. The number of nitrogens with zero attached hydrogens (tertiary/aromatic N) is 2. The molecule has 50 heavy (non-hydrogen) atoms. The molecule has 1 fully saturated rings. The topological polar surface area (TPSA) is 133 Å². The Labute approximate surface area is 288 Å². The largest absolute Gasteiger partial charge is 0.384 e. The average Bonchev–Trinajstić information content (AvgIpc) is 3.62. The molecule has 10 nitrogen and oxygen atoms in total. The summed E-state index contributed by atoms with van der Waals surface area (Å²) in [6.07, 6.45) is 5.37. The second-order valence-corrected chi connectivity index (χ2v) is 11.8. The van der Waals surface area contributed by atoms with Crippen LogP contribution in [0.5, 0.6) is 0 Å². The fourth-order valence-corrected chi connectivity index (χ4v) is 5.96. The minimum absolute atomic E-state index is 0.180. The molecule has 0 atom stereocenters. The summed E-state index contributed by atoms with van der Waals surface area (Å²) in [5.41, 5.74) is 6.81. The summed E-state index contributed by atoms with van der Waals surface area (Å²) in [5.74, 6) is -0.962. The molecule has 0 spiro atoms. The van der Waals surface area contributed by atoms with E-state index in [4.69, 9.17) is 0 Å². The molecule has 0 aliphatic carbocycles. The summed E-state index contributed by atoms with van der Waals surface area (Å²) < 4.78 is 0. The third kappa shape index (κ3) is 6.76. The van der Waals surface area contributed by atoms with Crippen molar-refractivity contribution in [2.75, 3.05) is 16.8 Å². The van der Waals surface area contributed by atoms with Crippen molar-refractivity contribution in [2.45, 2.75) is 13.0 Å². The number of imide groups is 1. The second kappa shape index (κ2) is 14.1. The van der Waals surface area contributed by atoms with Crippen LogP contribution in [-0.2, 0) is 22.6 Å². The van der Waals surface area contributed by atoms with Crippen LogP contribution in [0.25, 0.3) is 17.3 Å². The molecule has 5 amide bonds. The van der Waals surface area contributed by atoms with Crippen LogP contribution in [0.15, 0.2) is 133 Å². The van der Waals surface area contributed by atoms with Crippen molar-refractivity contribution in [2.24, 2.45) is 0 Å². The molecule has 4 N–H and O–H groups in total. The van der Waals surface area contributed by atoms with Gasteiger partial charge < -0.3 is 21.3 Å². The van der Waals surface area contributed by atoms with Crippen LogP contribution in [0.3, 0.4) is 0 Å². The van der Waals surface area contributed by atoms with Crippen molar-refractivity contribution in [1.29, 1.82) is 0 Å². The Bertz CT molecular complexity index is 2160. The molecule has 0 saturated carbocycles. The molecule has 10 heteroatoms. The van der Waals surface area contributed by atoms with Gasteiger partial charge in [0.2, 0.25) is 0 Å². The Hall–Kier alpha value is -6.81. The highest BCUT2D eigenvalue weighted by Gasteiger charge is 2.35. The van der Waals surface area contributed by atoms with Crippen molar-refractivity contribution in [3.63, 3.8) is 0 Å². The van der Waals surface area contributed by atoms with Gasteiger partial charge in [-0.15, -0.1) is 0 Å². The van der Waals surface area contributed by atoms with Crippen molar-refractivity contribution in [3.05, 3.63) is 167 Å². The van der Waals surface area contributed by atoms with E-state index in [1.807, 2.05) is 72.8 Å². The SMILES string of the molecule is O=C1Nc2ccc(C(=O)NCc3ccccc3)cc2C1=C(NCCc1cccc(N2C(=O)NC(=Cc3ccncc3)C2=O)c1)c1ccccc1. The van der Waals surface area contributed by atoms with Crippen molar-refractivity contribution in [1.82, 2.24) is 20.9 Å². The van der Waals surface area contributed by atoms with Gasteiger partial charge >= 0.3 is 6.03 Å². The van der Waals surface area contributed by atoms with Crippen LogP contribution >= 0.6 is 0 Å². The van der Waals surface area contributed by atoms with Crippen LogP contribution in [-0.4, -0.2) is 35.3 Å². The molecule has 5 aromatic rings. The lowest BCUT2D eigenvalue weighted by Crippen LogP contribution is -2.30. The number of hydrogen-bond donors (Lipinski definition) is 4. The minimum Gasteiger partial charge on any atom is -0.384 e. The number of benzene rings is 4. The predicted molar refractivity (Wildman–Crippen MR) is 192 cm³/mol. The van der Waals surface area contributed by atoms with Gasteiger partial charge in [0, 0.05) is 42.3 Å². The number of nitrogens with one attached hydrogen (secondary N) is 4. The van der Waals surface area contributed by atoms with Crippen LogP contribution in [0.4, 0.5) is 16.2 Å². The molecule has 1 aromatic heterocycles. The van der Waals surface area contributed by atoms with Gasteiger partial charge in [-0.3, -0.25) is 19.4 Å². The molecule has 1 saturated heterocycles. The van der Waals surface area contributed by atoms with Crippen LogP contribution in [0.2, 0.25) is 0 Å². The third-order valence-corrected chi connectivity index (χ3v) is 8.41. The number of aromatic nitrogens is 1. The van der Waals surface area contributed by atoms with Crippen molar-refractivity contribution < 1.29 is 19.2 Å². The van der Waals surface area contributed by atoms with Gasteiger partial charge in [-0.25, -0.2) is 9.69 Å². The van der Waals surface area contributed by atoms with Gasteiger partial charge in [-0.05, 0) is 77.2 Å². The Balaban J connectivity index is 1.11. The highest BCUT2D eigenvalue weighted by Crippen LogP contribution is 2.37. The molecule has 0 unspecified atom stereocenters. The zero-order valence-electron chi connectivity index (χ0n) is 26.9. The third-order valence-electron chi connectivity index (χ3n) is 8.41. The molecule has 246 valence electrons. The normalized spacial score (nSPS) is 15.4. The summed E-state index contributed by atoms with van der Waals surface area (Å²) in [6.45, 7) is 0.819. The van der Waals surface area contributed by atoms with E-state index in [0.717, 1.165) is 27.2 Å². The second-order valence-electron chi connectivity index (χ2n) is 11.8. The number of pyridine rings is 1. The number of carbonyl (C=O) groups excluding carboxylic acids is 4. The smallest absolute Gasteiger partial charge is 0.333 e. The summed E-state index contributed by atoms with van der Waals surface area (Å²) in [7, 11) is 0. The fraction of sp³-hybridized carbons (Fsp3) is 0.0750. The number of carbonyl (C=O) groups is 4. The highest BCUT2D eigenvalue weighted by atomic mass is 16.2. The maximum atomic E-state index is 13.5. The van der Waals surface area contributed by atoms with E-state index in [2.05, 4.69) is 26.3 Å². The van der Waals surface area contributed by atoms with Crippen LogP contribution in [0, 0.1) is 0 Å².